The average Bonchev–Trinajstić information content (AvgIpc) is 3.28. The van der Waals surface area contributed by atoms with E-state index in [1.165, 1.54) is 0 Å². The summed E-state index contributed by atoms with van der Waals surface area (Å²) in [5, 5.41) is 0. The van der Waals surface area contributed by atoms with Crippen molar-refractivity contribution in [3.8, 4) is 34.5 Å². The van der Waals surface area contributed by atoms with E-state index in [2.05, 4.69) is 13.2 Å². The van der Waals surface area contributed by atoms with E-state index in [0.29, 0.717) is 93.2 Å². The highest BCUT2D eigenvalue weighted by molar-refractivity contribution is 5.89. The van der Waals surface area contributed by atoms with E-state index in [1.54, 1.807) is 45.5 Å². The van der Waals surface area contributed by atoms with Crippen molar-refractivity contribution >= 4 is 11.9 Å². The number of amides is 1. The van der Waals surface area contributed by atoms with Crippen LogP contribution in [-0.2, 0) is 25.5 Å². The van der Waals surface area contributed by atoms with Crippen LogP contribution in [0.1, 0.15) is 92.9 Å². The fourth-order valence-corrected chi connectivity index (χ4v) is 8.26. The lowest BCUT2D eigenvalue weighted by molar-refractivity contribution is -0.163. The van der Waals surface area contributed by atoms with Crippen LogP contribution in [0.3, 0.4) is 0 Å². The Balaban J connectivity index is 1.44. The van der Waals surface area contributed by atoms with Crippen molar-refractivity contribution in [2.24, 2.45) is 5.92 Å². The van der Waals surface area contributed by atoms with Gasteiger partial charge in [0.05, 0.1) is 54.2 Å². The van der Waals surface area contributed by atoms with Gasteiger partial charge in [-0.1, -0.05) is 56.2 Å². The van der Waals surface area contributed by atoms with Gasteiger partial charge in [-0.3, -0.25) is 4.79 Å². The number of ether oxygens (including phenoxy) is 8. The minimum Gasteiger partial charge on any atom is -0.493 e. The first-order valence-electron chi connectivity index (χ1n) is 21.0. The van der Waals surface area contributed by atoms with Crippen LogP contribution in [0.25, 0.3) is 0 Å². The highest BCUT2D eigenvalue weighted by atomic mass is 16.5. The van der Waals surface area contributed by atoms with E-state index >= 15 is 4.79 Å². The van der Waals surface area contributed by atoms with Crippen LogP contribution >= 0.6 is 0 Å². The Hall–Kier alpha value is -5.16. The zero-order valence-corrected chi connectivity index (χ0v) is 35.4. The Morgan fingerprint density at radius 3 is 2.22 bits per heavy atom. The number of likely N-dealkylation sites (tertiary alicyclic amines) is 1. The number of aryl methyl sites for hydroxylation is 1. The Morgan fingerprint density at radius 1 is 0.746 bits per heavy atom. The third kappa shape index (κ3) is 12.2. The number of methoxy groups -OCH3 is 4. The summed E-state index contributed by atoms with van der Waals surface area (Å²) in [6, 6.07) is 16.5. The molecule has 2 aliphatic rings. The fraction of sp³-hybridized carbons (Fsp3) is 0.500. The quantitative estimate of drug-likeness (QED) is 0.0522. The van der Waals surface area contributed by atoms with Gasteiger partial charge in [0.15, 0.2) is 23.0 Å². The van der Waals surface area contributed by atoms with Crippen molar-refractivity contribution in [3.63, 3.8) is 0 Å². The van der Waals surface area contributed by atoms with Crippen LogP contribution in [0.15, 0.2) is 79.9 Å². The number of hydrogen-bond acceptors (Lipinski definition) is 10. The van der Waals surface area contributed by atoms with Crippen LogP contribution in [0.5, 0.6) is 34.5 Å². The molecule has 1 heterocycles. The summed E-state index contributed by atoms with van der Waals surface area (Å²) in [4.78, 5) is 31.5. The molecule has 0 spiro atoms. The van der Waals surface area contributed by atoms with Gasteiger partial charge in [-0.25, -0.2) is 4.79 Å². The van der Waals surface area contributed by atoms with Gasteiger partial charge in [-0.2, -0.15) is 0 Å². The normalized spacial score (nSPS) is 16.6. The second kappa shape index (κ2) is 23.4. The second-order valence-electron chi connectivity index (χ2n) is 15.1. The largest absolute Gasteiger partial charge is 0.493 e. The van der Waals surface area contributed by atoms with E-state index in [0.717, 1.165) is 61.6 Å². The van der Waals surface area contributed by atoms with E-state index in [-0.39, 0.29) is 11.8 Å². The summed E-state index contributed by atoms with van der Waals surface area (Å²) < 4.78 is 46.8. The predicted molar refractivity (Wildman–Crippen MR) is 228 cm³/mol. The monoisotopic (exact) mass is 813 g/mol. The highest BCUT2D eigenvalue weighted by Gasteiger charge is 2.41. The van der Waals surface area contributed by atoms with Crippen molar-refractivity contribution in [1.29, 1.82) is 0 Å². The van der Waals surface area contributed by atoms with Crippen molar-refractivity contribution < 1.29 is 47.5 Å². The van der Waals surface area contributed by atoms with Gasteiger partial charge < -0.3 is 42.8 Å². The Bertz CT molecular complexity index is 1820. The zero-order valence-electron chi connectivity index (χ0n) is 35.4. The molecule has 1 aliphatic heterocycles. The predicted octanol–water partition coefficient (Wildman–Crippen LogP) is 9.22. The Labute approximate surface area is 350 Å². The van der Waals surface area contributed by atoms with Gasteiger partial charge in [0.1, 0.15) is 24.5 Å². The molecule has 59 heavy (non-hydrogen) atoms. The van der Waals surface area contributed by atoms with Gasteiger partial charge in [-0.15, -0.1) is 6.58 Å². The van der Waals surface area contributed by atoms with Crippen LogP contribution in [0.4, 0.5) is 0 Å². The molecule has 2 fully saturated rings. The van der Waals surface area contributed by atoms with Gasteiger partial charge in [-0.05, 0) is 104 Å². The number of esters is 1. The molecule has 0 bridgehead atoms. The minimum atomic E-state index is -0.738. The molecule has 320 valence electrons. The van der Waals surface area contributed by atoms with Crippen molar-refractivity contribution in [3.05, 3.63) is 96.6 Å². The fourth-order valence-electron chi connectivity index (χ4n) is 8.26. The number of rotatable bonds is 23. The molecular formula is C48H63NO10. The van der Waals surface area contributed by atoms with Crippen molar-refractivity contribution in [2.75, 3.05) is 61.4 Å². The smallest absolute Gasteiger partial charge is 0.329 e. The van der Waals surface area contributed by atoms with Gasteiger partial charge in [0, 0.05) is 13.0 Å². The third-order valence-corrected chi connectivity index (χ3v) is 11.2. The van der Waals surface area contributed by atoms with E-state index < -0.39 is 24.0 Å². The summed E-state index contributed by atoms with van der Waals surface area (Å²) in [6.45, 7) is 9.66. The summed E-state index contributed by atoms with van der Waals surface area (Å²) in [6.07, 6.45) is 11.7. The number of piperidine rings is 1. The molecule has 1 aliphatic carbocycles. The molecule has 0 radical (unpaired) electrons. The Kier molecular flexibility index (Phi) is 17.8. The lowest BCUT2D eigenvalue weighted by Crippen LogP contribution is -2.51. The molecule has 2 unspecified atom stereocenters. The SMILES string of the molecule is C=CCOCCCOc1cc([C@@H](C(=O)N2CCCCC2C(=O)OC(CCc2ccc(OC)c(OC)c2)c2cccc(OCC=C)c2)C2CCCCC2)cc(OC)c1OC. The molecule has 3 aromatic carbocycles. The molecule has 11 heteroatoms. The topological polar surface area (TPSA) is 111 Å². The number of benzene rings is 3. The first-order chi connectivity index (χ1) is 28.8. The lowest BCUT2D eigenvalue weighted by atomic mass is 9.75. The van der Waals surface area contributed by atoms with Crippen molar-refractivity contribution in [1.82, 2.24) is 4.90 Å². The molecule has 1 amide bonds. The van der Waals surface area contributed by atoms with Gasteiger partial charge >= 0.3 is 5.97 Å². The van der Waals surface area contributed by atoms with E-state index in [1.807, 2.05) is 54.6 Å². The van der Waals surface area contributed by atoms with Crippen LogP contribution < -0.4 is 28.4 Å². The first kappa shape index (κ1) is 44.9. The summed E-state index contributed by atoms with van der Waals surface area (Å²) in [5.74, 6) is 2.47. The zero-order chi connectivity index (χ0) is 42.0. The molecule has 3 atom stereocenters. The van der Waals surface area contributed by atoms with Gasteiger partial charge in [0.2, 0.25) is 11.7 Å². The maximum absolute atomic E-state index is 15.2. The van der Waals surface area contributed by atoms with Crippen molar-refractivity contribution in [2.45, 2.75) is 88.7 Å². The standard InChI is InChI=1S/C48H63NO10/c1-7-26-56-28-15-29-58-44-33-37(32-43(54-5)46(44)55-6)45(35-16-10-9-11-17-35)47(50)49-25-13-12-20-39(49)48(51)59-40(36-18-14-19-38(31-36)57-27-8-2)23-21-34-22-24-41(52-3)42(30-34)53-4/h7-8,14,18-19,22,24,30-33,35,39-40,45H,1-2,9-13,15-17,20-21,23,25-29H2,3-6H3/t39?,40?,45-/m0/s1. The highest BCUT2D eigenvalue weighted by Crippen LogP contribution is 2.45. The lowest BCUT2D eigenvalue weighted by Gasteiger charge is -2.40. The van der Waals surface area contributed by atoms with E-state index in [4.69, 9.17) is 37.9 Å². The first-order valence-corrected chi connectivity index (χ1v) is 21.0. The average molecular weight is 814 g/mol. The van der Waals surface area contributed by atoms with Crippen LogP contribution in [0.2, 0.25) is 0 Å². The molecule has 3 aromatic rings. The van der Waals surface area contributed by atoms with Crippen LogP contribution in [0, 0.1) is 5.92 Å². The van der Waals surface area contributed by atoms with E-state index in [9.17, 15) is 4.79 Å². The van der Waals surface area contributed by atoms with Gasteiger partial charge in [0.25, 0.3) is 0 Å². The maximum Gasteiger partial charge on any atom is 0.329 e. The second-order valence-corrected chi connectivity index (χ2v) is 15.1. The maximum atomic E-state index is 15.2. The molecule has 5 rings (SSSR count). The third-order valence-electron chi connectivity index (χ3n) is 11.2. The Morgan fingerprint density at radius 2 is 1.49 bits per heavy atom. The molecule has 1 saturated carbocycles. The number of carbonyl (C=O) groups is 2. The summed E-state index contributed by atoms with van der Waals surface area (Å²) in [5.41, 5.74) is 2.60. The summed E-state index contributed by atoms with van der Waals surface area (Å²) in [7, 11) is 6.39. The molecule has 11 nitrogen and oxygen atoms in total. The summed E-state index contributed by atoms with van der Waals surface area (Å²) >= 11 is 0. The van der Waals surface area contributed by atoms with Crippen LogP contribution in [-0.4, -0.2) is 84.2 Å². The number of carbonyl (C=O) groups excluding carboxylic acids is 2. The number of nitrogens with zero attached hydrogens (tertiary/aromatic N) is 1. The molecule has 1 saturated heterocycles. The molecule has 0 N–H and O–H groups in total. The number of hydrogen-bond donors (Lipinski definition) is 0. The molecule has 0 aromatic heterocycles. The minimum absolute atomic E-state index is 0.0729. The molecular weight excluding hydrogens is 751 g/mol.